The van der Waals surface area contributed by atoms with Gasteiger partial charge in [0.2, 0.25) is 5.89 Å². The lowest BCUT2D eigenvalue weighted by molar-refractivity contribution is -0.121. The number of ether oxygens (including phenoxy) is 1. The van der Waals surface area contributed by atoms with Crippen molar-refractivity contribution < 1.29 is 18.7 Å². The quantitative estimate of drug-likeness (QED) is 0.481. The van der Waals surface area contributed by atoms with Crippen LogP contribution in [0.15, 0.2) is 59.2 Å². The van der Waals surface area contributed by atoms with Crippen LogP contribution in [0.2, 0.25) is 0 Å². The standard InChI is InChI=1S/C29H34N4O4/c1-4-29(2,3)22-10-11-25-24(16-22)33(27(34)20-36-25)18-26-30-23(19-37-26)28(35)32-14-12-31(13-15-32)17-21-8-6-5-7-9-21/h5-11,16,19H,4,12-15,17-18,20H2,1-3H3. The Balaban J connectivity index is 1.24. The zero-order valence-electron chi connectivity index (χ0n) is 21.8. The SMILES string of the molecule is CCC(C)(C)c1ccc2c(c1)N(Cc1nc(C(=O)N3CCN(Cc4ccccc4)CC3)co1)C(=O)CO2. The molecule has 2 aliphatic rings. The number of benzene rings is 2. The first-order chi connectivity index (χ1) is 17.8. The van der Waals surface area contributed by atoms with Crippen molar-refractivity contribution in [1.82, 2.24) is 14.8 Å². The van der Waals surface area contributed by atoms with Crippen molar-refractivity contribution in [3.8, 4) is 5.75 Å². The van der Waals surface area contributed by atoms with Gasteiger partial charge in [-0.05, 0) is 35.1 Å². The molecule has 0 spiro atoms. The highest BCUT2D eigenvalue weighted by Crippen LogP contribution is 2.38. The minimum Gasteiger partial charge on any atom is -0.482 e. The van der Waals surface area contributed by atoms with Gasteiger partial charge in [-0.3, -0.25) is 19.4 Å². The van der Waals surface area contributed by atoms with Crippen molar-refractivity contribution in [3.63, 3.8) is 0 Å². The molecule has 37 heavy (non-hydrogen) atoms. The summed E-state index contributed by atoms with van der Waals surface area (Å²) in [6, 6.07) is 16.3. The Morgan fingerprint density at radius 2 is 1.78 bits per heavy atom. The third-order valence-corrected chi connectivity index (χ3v) is 7.54. The number of hydrogen-bond donors (Lipinski definition) is 0. The molecule has 5 rings (SSSR count). The molecule has 2 aliphatic heterocycles. The lowest BCUT2D eigenvalue weighted by atomic mass is 9.82. The van der Waals surface area contributed by atoms with Gasteiger partial charge in [-0.25, -0.2) is 4.98 Å². The molecule has 0 N–H and O–H groups in total. The fourth-order valence-corrected chi connectivity index (χ4v) is 4.73. The van der Waals surface area contributed by atoms with Crippen LogP contribution in [0.1, 0.15) is 54.7 Å². The fourth-order valence-electron chi connectivity index (χ4n) is 4.73. The largest absolute Gasteiger partial charge is 0.482 e. The van der Waals surface area contributed by atoms with Crippen LogP contribution in [0.4, 0.5) is 5.69 Å². The summed E-state index contributed by atoms with van der Waals surface area (Å²) < 4.78 is 11.3. The van der Waals surface area contributed by atoms with Gasteiger partial charge in [0.1, 0.15) is 18.6 Å². The number of fused-ring (bicyclic) bond motifs is 1. The van der Waals surface area contributed by atoms with Crippen molar-refractivity contribution in [2.24, 2.45) is 0 Å². The van der Waals surface area contributed by atoms with Crippen LogP contribution >= 0.6 is 0 Å². The number of rotatable bonds is 7. The zero-order valence-corrected chi connectivity index (χ0v) is 21.8. The van der Waals surface area contributed by atoms with Crippen LogP contribution in [0.3, 0.4) is 0 Å². The Morgan fingerprint density at radius 1 is 1.03 bits per heavy atom. The Hall–Kier alpha value is -3.65. The minimum atomic E-state index is -0.167. The smallest absolute Gasteiger partial charge is 0.275 e. The van der Waals surface area contributed by atoms with Gasteiger partial charge in [-0.1, -0.05) is 57.2 Å². The Bertz CT molecular complexity index is 1260. The number of carbonyl (C=O) groups is 2. The van der Waals surface area contributed by atoms with Crippen molar-refractivity contribution in [2.45, 2.75) is 45.7 Å². The van der Waals surface area contributed by atoms with E-state index in [1.165, 1.54) is 11.8 Å². The van der Waals surface area contributed by atoms with Gasteiger partial charge in [0.05, 0.1) is 5.69 Å². The van der Waals surface area contributed by atoms with Crippen molar-refractivity contribution in [1.29, 1.82) is 0 Å². The summed E-state index contributed by atoms with van der Waals surface area (Å²) in [5.41, 5.74) is 3.35. The highest BCUT2D eigenvalue weighted by molar-refractivity contribution is 5.98. The second-order valence-electron chi connectivity index (χ2n) is 10.4. The fraction of sp³-hybridized carbons (Fsp3) is 0.414. The summed E-state index contributed by atoms with van der Waals surface area (Å²) in [5.74, 6) is 0.675. The number of piperazine rings is 1. The molecule has 0 unspecified atom stereocenters. The van der Waals surface area contributed by atoms with Gasteiger partial charge in [-0.2, -0.15) is 0 Å². The van der Waals surface area contributed by atoms with E-state index in [1.54, 1.807) is 4.90 Å². The van der Waals surface area contributed by atoms with Crippen molar-refractivity contribution in [2.75, 3.05) is 37.7 Å². The molecule has 194 valence electrons. The van der Waals surface area contributed by atoms with E-state index in [0.29, 0.717) is 30.4 Å². The zero-order chi connectivity index (χ0) is 26.0. The molecule has 1 saturated heterocycles. The van der Waals surface area contributed by atoms with E-state index in [0.717, 1.165) is 31.6 Å². The van der Waals surface area contributed by atoms with E-state index in [2.05, 4.69) is 48.9 Å². The molecule has 8 nitrogen and oxygen atoms in total. The molecule has 1 aromatic heterocycles. The minimum absolute atomic E-state index is 0.0329. The van der Waals surface area contributed by atoms with Crippen LogP contribution in [0.25, 0.3) is 0 Å². The molecule has 8 heteroatoms. The van der Waals surface area contributed by atoms with Crippen molar-refractivity contribution in [3.05, 3.63) is 77.5 Å². The van der Waals surface area contributed by atoms with Crippen LogP contribution in [0.5, 0.6) is 5.75 Å². The molecule has 1 fully saturated rings. The molecule has 0 saturated carbocycles. The molecule has 2 aromatic carbocycles. The molecule has 3 aromatic rings. The van der Waals surface area contributed by atoms with E-state index in [9.17, 15) is 9.59 Å². The summed E-state index contributed by atoms with van der Waals surface area (Å²) in [4.78, 5) is 36.2. The van der Waals surface area contributed by atoms with E-state index >= 15 is 0 Å². The topological polar surface area (TPSA) is 79.1 Å². The van der Waals surface area contributed by atoms with E-state index in [4.69, 9.17) is 9.15 Å². The third kappa shape index (κ3) is 5.39. The van der Waals surface area contributed by atoms with E-state index in [1.807, 2.05) is 35.2 Å². The van der Waals surface area contributed by atoms with Gasteiger partial charge >= 0.3 is 0 Å². The van der Waals surface area contributed by atoms with E-state index in [-0.39, 0.29) is 36.1 Å². The van der Waals surface area contributed by atoms with Crippen LogP contribution in [0, 0.1) is 0 Å². The predicted molar refractivity (Wildman–Crippen MR) is 141 cm³/mol. The second kappa shape index (κ2) is 10.4. The van der Waals surface area contributed by atoms with Crippen LogP contribution in [-0.2, 0) is 23.3 Å². The van der Waals surface area contributed by atoms with Crippen LogP contribution in [-0.4, -0.2) is 59.4 Å². The van der Waals surface area contributed by atoms with Gasteiger partial charge < -0.3 is 14.1 Å². The monoisotopic (exact) mass is 502 g/mol. The maximum absolute atomic E-state index is 13.1. The van der Waals surface area contributed by atoms with Crippen LogP contribution < -0.4 is 9.64 Å². The average molecular weight is 503 g/mol. The Kier molecular flexibility index (Phi) is 7.02. The summed E-state index contributed by atoms with van der Waals surface area (Å²) in [6.45, 7) is 10.4. The lowest BCUT2D eigenvalue weighted by Gasteiger charge is -2.34. The number of aromatic nitrogens is 1. The normalized spacial score (nSPS) is 16.5. The first kappa shape index (κ1) is 25.0. The first-order valence-electron chi connectivity index (χ1n) is 12.9. The maximum Gasteiger partial charge on any atom is 0.275 e. The Labute approximate surface area is 217 Å². The number of oxazole rings is 1. The summed E-state index contributed by atoms with van der Waals surface area (Å²) in [7, 11) is 0. The highest BCUT2D eigenvalue weighted by atomic mass is 16.5. The third-order valence-electron chi connectivity index (χ3n) is 7.54. The predicted octanol–water partition coefficient (Wildman–Crippen LogP) is 4.25. The van der Waals surface area contributed by atoms with Gasteiger partial charge in [0.15, 0.2) is 12.3 Å². The summed E-state index contributed by atoms with van der Waals surface area (Å²) in [5, 5.41) is 0. The molecule has 0 aliphatic carbocycles. The van der Waals surface area contributed by atoms with Gasteiger partial charge in [0, 0.05) is 32.7 Å². The number of anilines is 1. The highest BCUT2D eigenvalue weighted by Gasteiger charge is 2.30. The maximum atomic E-state index is 13.1. The van der Waals surface area contributed by atoms with Gasteiger partial charge in [0.25, 0.3) is 11.8 Å². The average Bonchev–Trinajstić information content (AvgIpc) is 3.39. The summed E-state index contributed by atoms with van der Waals surface area (Å²) >= 11 is 0. The Morgan fingerprint density at radius 3 is 2.51 bits per heavy atom. The number of nitrogens with zero attached hydrogens (tertiary/aromatic N) is 4. The number of hydrogen-bond acceptors (Lipinski definition) is 6. The van der Waals surface area contributed by atoms with Crippen molar-refractivity contribution >= 4 is 17.5 Å². The first-order valence-corrected chi connectivity index (χ1v) is 12.9. The molecule has 0 atom stereocenters. The van der Waals surface area contributed by atoms with E-state index < -0.39 is 0 Å². The lowest BCUT2D eigenvalue weighted by Crippen LogP contribution is -2.48. The summed E-state index contributed by atoms with van der Waals surface area (Å²) in [6.07, 6.45) is 2.36. The van der Waals surface area contributed by atoms with Gasteiger partial charge in [-0.15, -0.1) is 0 Å². The molecule has 0 radical (unpaired) electrons. The molecular formula is C29H34N4O4. The molecule has 3 heterocycles. The molecule has 0 bridgehead atoms. The molecule has 2 amide bonds. The number of carbonyl (C=O) groups excluding carboxylic acids is 2. The second-order valence-corrected chi connectivity index (χ2v) is 10.4. The number of amides is 2. The molecular weight excluding hydrogens is 468 g/mol.